The van der Waals surface area contributed by atoms with Gasteiger partial charge in [-0.1, -0.05) is 17.7 Å². The molecule has 0 aliphatic heterocycles. The summed E-state index contributed by atoms with van der Waals surface area (Å²) in [6.07, 6.45) is -3.80. The van der Waals surface area contributed by atoms with Crippen LogP contribution >= 0.6 is 11.6 Å². The Morgan fingerprint density at radius 1 is 1.23 bits per heavy atom. The molecule has 26 heavy (non-hydrogen) atoms. The van der Waals surface area contributed by atoms with Crippen LogP contribution in [0.25, 0.3) is 5.65 Å². The van der Waals surface area contributed by atoms with Gasteiger partial charge in [0.1, 0.15) is 5.82 Å². The lowest BCUT2D eigenvalue weighted by atomic mass is 10.3. The van der Waals surface area contributed by atoms with Gasteiger partial charge >= 0.3 is 12.2 Å². The Labute approximate surface area is 148 Å². The highest BCUT2D eigenvalue weighted by atomic mass is 35.5. The van der Waals surface area contributed by atoms with Crippen molar-refractivity contribution in [2.24, 2.45) is 0 Å². The molecule has 3 aromatic rings. The molecular formula is C15H10ClF4N5O. The number of rotatable bonds is 3. The first kappa shape index (κ1) is 17.9. The second-order valence-corrected chi connectivity index (χ2v) is 5.61. The Bertz CT molecular complexity index is 972. The van der Waals surface area contributed by atoms with Gasteiger partial charge in [-0.25, -0.2) is 9.18 Å². The number of anilines is 1. The van der Waals surface area contributed by atoms with Crippen molar-refractivity contribution in [2.75, 3.05) is 5.32 Å². The van der Waals surface area contributed by atoms with Gasteiger partial charge in [-0.05, 0) is 24.3 Å². The molecule has 0 radical (unpaired) electrons. The summed E-state index contributed by atoms with van der Waals surface area (Å²) in [7, 11) is 0. The molecule has 1 aromatic carbocycles. The quantitative estimate of drug-likeness (QED) is 0.670. The van der Waals surface area contributed by atoms with E-state index >= 15 is 0 Å². The second-order valence-electron chi connectivity index (χ2n) is 5.20. The topological polar surface area (TPSA) is 71.3 Å². The molecule has 3 rings (SSSR count). The lowest BCUT2D eigenvalue weighted by Gasteiger charge is -2.10. The van der Waals surface area contributed by atoms with Crippen LogP contribution in [0.2, 0.25) is 5.02 Å². The molecule has 6 nitrogen and oxygen atoms in total. The van der Waals surface area contributed by atoms with Gasteiger partial charge in [0.15, 0.2) is 11.5 Å². The molecule has 0 spiro atoms. The number of carbonyl (C=O) groups is 1. The van der Waals surface area contributed by atoms with Crippen LogP contribution in [0.1, 0.15) is 11.4 Å². The fraction of sp³-hybridized carbons (Fsp3) is 0.133. The Hall–Kier alpha value is -2.88. The predicted octanol–water partition coefficient (Wildman–Crippen LogP) is 3.86. The van der Waals surface area contributed by atoms with E-state index in [-0.39, 0.29) is 28.7 Å². The monoisotopic (exact) mass is 387 g/mol. The highest BCUT2D eigenvalue weighted by Crippen LogP contribution is 2.32. The summed E-state index contributed by atoms with van der Waals surface area (Å²) in [5.74, 6) is -0.483. The summed E-state index contributed by atoms with van der Waals surface area (Å²) >= 11 is 5.81. The van der Waals surface area contributed by atoms with Gasteiger partial charge in [-0.3, -0.25) is 4.40 Å². The van der Waals surface area contributed by atoms with Crippen molar-refractivity contribution >= 4 is 29.0 Å². The van der Waals surface area contributed by atoms with Crippen LogP contribution < -0.4 is 10.6 Å². The van der Waals surface area contributed by atoms with E-state index in [4.69, 9.17) is 11.6 Å². The molecule has 0 aliphatic rings. The molecule has 0 aliphatic carbocycles. The van der Waals surface area contributed by atoms with Gasteiger partial charge in [-0.15, -0.1) is 10.2 Å². The van der Waals surface area contributed by atoms with Crippen molar-refractivity contribution in [2.45, 2.75) is 12.7 Å². The van der Waals surface area contributed by atoms with Crippen molar-refractivity contribution in [3.05, 3.63) is 58.8 Å². The summed E-state index contributed by atoms with van der Waals surface area (Å²) < 4.78 is 52.8. The van der Waals surface area contributed by atoms with E-state index in [9.17, 15) is 22.4 Å². The zero-order chi connectivity index (χ0) is 18.9. The Morgan fingerprint density at radius 2 is 2.00 bits per heavy atom. The predicted molar refractivity (Wildman–Crippen MR) is 85.3 cm³/mol. The van der Waals surface area contributed by atoms with Crippen LogP contribution in [-0.2, 0) is 12.7 Å². The van der Waals surface area contributed by atoms with Crippen LogP contribution in [0.3, 0.4) is 0 Å². The molecule has 2 heterocycles. The molecule has 2 aromatic heterocycles. The number of fused-ring (bicyclic) bond motifs is 1. The molecule has 0 atom stereocenters. The number of alkyl halides is 3. The second kappa shape index (κ2) is 6.79. The van der Waals surface area contributed by atoms with Gasteiger partial charge in [0.05, 0.1) is 17.1 Å². The summed E-state index contributed by atoms with van der Waals surface area (Å²) in [6.45, 7) is -0.222. The molecule has 0 bridgehead atoms. The number of pyridine rings is 1. The number of amides is 2. The van der Waals surface area contributed by atoms with E-state index in [0.29, 0.717) is 0 Å². The van der Waals surface area contributed by atoms with Gasteiger partial charge in [0, 0.05) is 11.9 Å². The normalized spacial score (nSPS) is 11.6. The van der Waals surface area contributed by atoms with Crippen LogP contribution in [-0.4, -0.2) is 20.6 Å². The molecule has 11 heteroatoms. The number of halogens is 5. The average molecular weight is 388 g/mol. The highest BCUT2D eigenvalue weighted by molar-refractivity contribution is 6.33. The van der Waals surface area contributed by atoms with E-state index in [1.54, 1.807) is 0 Å². The largest absolute Gasteiger partial charge is 0.417 e. The third kappa shape index (κ3) is 3.85. The third-order valence-electron chi connectivity index (χ3n) is 3.35. The lowest BCUT2D eigenvalue weighted by molar-refractivity contribution is -0.137. The first-order valence-corrected chi connectivity index (χ1v) is 7.52. The van der Waals surface area contributed by atoms with Gasteiger partial charge in [0.25, 0.3) is 0 Å². The number of nitrogens with zero attached hydrogens (tertiary/aromatic N) is 3. The molecule has 0 fully saturated rings. The minimum atomic E-state index is -4.60. The SMILES string of the molecule is O=C(NCc1nnc2c(Cl)cc(C(F)(F)F)cn12)Nc1cccc(F)c1. The number of benzene rings is 1. The molecular weight excluding hydrogens is 378 g/mol. The van der Waals surface area contributed by atoms with Crippen molar-refractivity contribution in [3.8, 4) is 0 Å². The summed E-state index contributed by atoms with van der Waals surface area (Å²) in [4.78, 5) is 11.8. The number of nitrogens with one attached hydrogen (secondary N) is 2. The standard InChI is InChI=1S/C15H10ClF4N5O/c16-11-4-8(15(18,19)20)7-25-12(23-24-13(11)25)6-21-14(26)22-10-3-1-2-9(17)5-10/h1-5,7H,6H2,(H2,21,22,26). The van der Waals surface area contributed by atoms with E-state index in [1.165, 1.54) is 18.2 Å². The Kier molecular flexibility index (Phi) is 4.68. The maximum absolute atomic E-state index is 13.1. The Balaban J connectivity index is 1.76. The maximum Gasteiger partial charge on any atom is 0.417 e. The van der Waals surface area contributed by atoms with Crippen molar-refractivity contribution in [1.29, 1.82) is 0 Å². The lowest BCUT2D eigenvalue weighted by Crippen LogP contribution is -2.29. The third-order valence-corrected chi connectivity index (χ3v) is 3.63. The minimum absolute atomic E-state index is 0.0296. The molecule has 2 N–H and O–H groups in total. The number of hydrogen-bond donors (Lipinski definition) is 2. The smallest absolute Gasteiger partial charge is 0.331 e. The first-order valence-electron chi connectivity index (χ1n) is 7.15. The number of aromatic nitrogens is 3. The molecule has 0 saturated carbocycles. The van der Waals surface area contributed by atoms with E-state index < -0.39 is 23.6 Å². The molecule has 2 amide bonds. The molecule has 0 saturated heterocycles. The van der Waals surface area contributed by atoms with Crippen LogP contribution in [0, 0.1) is 5.82 Å². The summed E-state index contributed by atoms with van der Waals surface area (Å²) in [5, 5.41) is 12.0. The molecule has 136 valence electrons. The summed E-state index contributed by atoms with van der Waals surface area (Å²) in [6, 6.07) is 5.28. The minimum Gasteiger partial charge on any atom is -0.331 e. The zero-order valence-electron chi connectivity index (χ0n) is 12.8. The Morgan fingerprint density at radius 3 is 2.69 bits per heavy atom. The van der Waals surface area contributed by atoms with Gasteiger partial charge < -0.3 is 10.6 Å². The number of hydrogen-bond acceptors (Lipinski definition) is 3. The molecule has 0 unspecified atom stereocenters. The van der Waals surface area contributed by atoms with Crippen LogP contribution in [0.15, 0.2) is 36.5 Å². The zero-order valence-corrected chi connectivity index (χ0v) is 13.6. The van der Waals surface area contributed by atoms with Gasteiger partial charge in [-0.2, -0.15) is 13.2 Å². The fourth-order valence-corrected chi connectivity index (χ4v) is 2.42. The van der Waals surface area contributed by atoms with E-state index in [1.807, 2.05) is 0 Å². The average Bonchev–Trinajstić information content (AvgIpc) is 2.96. The van der Waals surface area contributed by atoms with Crippen molar-refractivity contribution in [3.63, 3.8) is 0 Å². The van der Waals surface area contributed by atoms with E-state index in [2.05, 4.69) is 20.8 Å². The van der Waals surface area contributed by atoms with Crippen molar-refractivity contribution < 1.29 is 22.4 Å². The van der Waals surface area contributed by atoms with Crippen LogP contribution in [0.5, 0.6) is 0 Å². The number of carbonyl (C=O) groups excluding carboxylic acids is 1. The first-order chi connectivity index (χ1) is 12.2. The van der Waals surface area contributed by atoms with E-state index in [0.717, 1.165) is 22.7 Å². The van der Waals surface area contributed by atoms with Crippen LogP contribution in [0.4, 0.5) is 28.0 Å². The maximum atomic E-state index is 13.1. The van der Waals surface area contributed by atoms with Gasteiger partial charge in [0.2, 0.25) is 0 Å². The summed E-state index contributed by atoms with van der Waals surface area (Å²) in [5.41, 5.74) is -0.724. The fourth-order valence-electron chi connectivity index (χ4n) is 2.18. The van der Waals surface area contributed by atoms with Crippen molar-refractivity contribution in [1.82, 2.24) is 19.9 Å². The number of urea groups is 1. The highest BCUT2D eigenvalue weighted by Gasteiger charge is 2.32.